The number of nitrogens with two attached hydrogens (primary N) is 1. The number of carbonyl (C=O) groups excluding carboxylic acids is 7. The molecule has 0 aliphatic heterocycles. The normalized spacial score (nSPS) is 12.8. The Labute approximate surface area is 391 Å². The zero-order valence-electron chi connectivity index (χ0n) is 37.6. The van der Waals surface area contributed by atoms with E-state index < -0.39 is 70.9 Å². The molecule has 0 spiro atoms. The first-order valence-corrected chi connectivity index (χ1v) is 21.7. The van der Waals surface area contributed by atoms with E-state index in [9.17, 15) is 43.7 Å². The summed E-state index contributed by atoms with van der Waals surface area (Å²) in [6.07, 6.45) is -1.43. The molecule has 21 heteroatoms. The van der Waals surface area contributed by atoms with Crippen molar-refractivity contribution >= 4 is 53.3 Å². The van der Waals surface area contributed by atoms with Crippen molar-refractivity contribution in [2.45, 2.75) is 64.3 Å². The lowest BCUT2D eigenvalue weighted by atomic mass is 9.98. The Hall–Kier alpha value is -8.07. The number of nitro groups is 1. The summed E-state index contributed by atoms with van der Waals surface area (Å²) in [7, 11) is 0. The number of rotatable bonds is 23. The Morgan fingerprint density at radius 1 is 0.735 bits per heavy atom. The fourth-order valence-electron chi connectivity index (χ4n) is 7.16. The molecule has 0 saturated carbocycles. The van der Waals surface area contributed by atoms with E-state index in [2.05, 4.69) is 31.9 Å². The second kappa shape index (κ2) is 25.0. The summed E-state index contributed by atoms with van der Waals surface area (Å²) in [6, 6.07) is 22.6. The highest BCUT2D eigenvalue weighted by atomic mass is 16.7. The predicted octanol–water partition coefficient (Wildman–Crippen LogP) is 4.38. The molecule has 4 aromatic carbocycles. The standard InChI is InChI=1S/C47H54N8O13/c1-28(2)41(54-43(58)40(51-29(3)56)27-65-24-23-50-46(61)66-26-38-36-11-6-4-9-34(36)35-10-5-7-12-37(35)38)44(59)53-39(13-8-22-49-45(48)60)42(57)52-31-16-14-30(15-17-31)25-67-47(62)68-33-20-18-32(19-21-33)55(63)64/h4-7,9-12,14-21,28,38-41H,8,13,22-27H2,1-3H3,(H,50,61)(H,51,56)(H,52,57)(H,53,59)(H,54,58)(H3,48,49,60)/t39-,40-,41-/m0/s1. The molecule has 3 atom stereocenters. The number of anilines is 1. The minimum Gasteiger partial charge on any atom is -0.449 e. The number of non-ortho nitro benzene ring substituents is 1. The Bertz CT molecular complexity index is 2390. The maximum atomic E-state index is 13.8. The van der Waals surface area contributed by atoms with Crippen molar-refractivity contribution in [2.75, 3.05) is 38.2 Å². The maximum Gasteiger partial charge on any atom is 0.514 e. The van der Waals surface area contributed by atoms with Crippen LogP contribution in [0.5, 0.6) is 5.75 Å². The molecule has 1 aliphatic carbocycles. The lowest BCUT2D eigenvalue weighted by molar-refractivity contribution is -0.384. The number of hydrogen-bond acceptors (Lipinski definition) is 13. The van der Waals surface area contributed by atoms with Gasteiger partial charge in [0.25, 0.3) is 5.69 Å². The van der Waals surface area contributed by atoms with Crippen molar-refractivity contribution in [3.05, 3.63) is 124 Å². The van der Waals surface area contributed by atoms with Gasteiger partial charge in [0, 0.05) is 43.8 Å². The molecule has 360 valence electrons. The first kappa shape index (κ1) is 50.9. The van der Waals surface area contributed by atoms with Gasteiger partial charge < -0.3 is 56.6 Å². The molecule has 0 aromatic heterocycles. The molecular weight excluding hydrogens is 885 g/mol. The number of nitrogens with one attached hydrogen (secondary N) is 6. The van der Waals surface area contributed by atoms with Crippen molar-refractivity contribution in [3.8, 4) is 16.9 Å². The van der Waals surface area contributed by atoms with Crippen LogP contribution in [0, 0.1) is 16.0 Å². The minimum atomic E-state index is -1.23. The van der Waals surface area contributed by atoms with Crippen LogP contribution >= 0.6 is 0 Å². The molecule has 0 radical (unpaired) electrons. The molecule has 5 rings (SSSR count). The Balaban J connectivity index is 1.10. The van der Waals surface area contributed by atoms with Gasteiger partial charge in [-0.3, -0.25) is 29.3 Å². The van der Waals surface area contributed by atoms with Crippen LogP contribution < -0.4 is 42.4 Å². The highest BCUT2D eigenvalue weighted by Gasteiger charge is 2.32. The smallest absolute Gasteiger partial charge is 0.449 e. The Kier molecular flexibility index (Phi) is 18.7. The summed E-state index contributed by atoms with van der Waals surface area (Å²) >= 11 is 0. The van der Waals surface area contributed by atoms with E-state index in [1.165, 1.54) is 43.3 Å². The highest BCUT2D eigenvalue weighted by molar-refractivity contribution is 5.99. The van der Waals surface area contributed by atoms with Crippen LogP contribution in [-0.2, 0) is 40.0 Å². The van der Waals surface area contributed by atoms with Crippen LogP contribution in [0.25, 0.3) is 11.1 Å². The van der Waals surface area contributed by atoms with Crippen LogP contribution in [0.4, 0.5) is 25.8 Å². The van der Waals surface area contributed by atoms with Gasteiger partial charge in [0.2, 0.25) is 23.6 Å². The van der Waals surface area contributed by atoms with Crippen LogP contribution in [0.2, 0.25) is 0 Å². The van der Waals surface area contributed by atoms with Crippen molar-refractivity contribution in [1.82, 2.24) is 26.6 Å². The van der Waals surface area contributed by atoms with Crippen LogP contribution in [0.3, 0.4) is 0 Å². The second-order valence-corrected chi connectivity index (χ2v) is 15.9. The third-order valence-electron chi connectivity index (χ3n) is 10.5. The monoisotopic (exact) mass is 938 g/mol. The van der Waals surface area contributed by atoms with Gasteiger partial charge in [-0.25, -0.2) is 14.4 Å². The largest absolute Gasteiger partial charge is 0.514 e. The van der Waals surface area contributed by atoms with E-state index in [-0.39, 0.29) is 69.7 Å². The van der Waals surface area contributed by atoms with E-state index >= 15 is 0 Å². The summed E-state index contributed by atoms with van der Waals surface area (Å²) in [5.74, 6) is -3.19. The molecule has 1 aliphatic rings. The van der Waals surface area contributed by atoms with Crippen LogP contribution in [0.1, 0.15) is 56.2 Å². The zero-order valence-corrected chi connectivity index (χ0v) is 37.6. The van der Waals surface area contributed by atoms with Gasteiger partial charge in [-0.05, 0) is 70.8 Å². The first-order valence-electron chi connectivity index (χ1n) is 21.7. The fourth-order valence-corrected chi connectivity index (χ4v) is 7.16. The van der Waals surface area contributed by atoms with E-state index in [0.717, 1.165) is 22.3 Å². The summed E-state index contributed by atoms with van der Waals surface area (Å²) in [5, 5.41) is 26.5. The van der Waals surface area contributed by atoms with E-state index in [1.807, 2.05) is 48.5 Å². The van der Waals surface area contributed by atoms with E-state index in [4.69, 9.17) is 24.7 Å². The average Bonchev–Trinajstić information content (AvgIpc) is 3.63. The predicted molar refractivity (Wildman–Crippen MR) is 246 cm³/mol. The van der Waals surface area contributed by atoms with E-state index in [0.29, 0.717) is 11.3 Å². The summed E-state index contributed by atoms with van der Waals surface area (Å²) in [4.78, 5) is 99.4. The van der Waals surface area contributed by atoms with Crippen LogP contribution in [0.15, 0.2) is 97.1 Å². The number of hydrogen-bond donors (Lipinski definition) is 7. The number of fused-ring (bicyclic) bond motifs is 3. The Morgan fingerprint density at radius 2 is 1.38 bits per heavy atom. The molecule has 8 N–H and O–H groups in total. The lowest BCUT2D eigenvalue weighted by Gasteiger charge is -2.27. The van der Waals surface area contributed by atoms with Crippen molar-refractivity contribution < 1.29 is 57.4 Å². The first-order chi connectivity index (χ1) is 32.6. The lowest BCUT2D eigenvalue weighted by Crippen LogP contribution is -2.58. The third kappa shape index (κ3) is 15.3. The summed E-state index contributed by atoms with van der Waals surface area (Å²) in [6.45, 7) is 4.27. The van der Waals surface area contributed by atoms with Gasteiger partial charge in [-0.1, -0.05) is 74.5 Å². The number of nitro benzene ring substituents is 1. The molecule has 7 amide bonds. The molecule has 4 aromatic rings. The quantitative estimate of drug-likeness (QED) is 0.0179. The molecular formula is C47H54N8O13. The zero-order chi connectivity index (χ0) is 49.2. The highest BCUT2D eigenvalue weighted by Crippen LogP contribution is 2.44. The maximum absolute atomic E-state index is 13.8. The van der Waals surface area contributed by atoms with Gasteiger partial charge in [0.1, 0.15) is 37.1 Å². The topological polar surface area (TPSA) is 298 Å². The van der Waals surface area contributed by atoms with Crippen molar-refractivity contribution in [3.63, 3.8) is 0 Å². The molecule has 21 nitrogen and oxygen atoms in total. The third-order valence-corrected chi connectivity index (χ3v) is 10.5. The number of carbonyl (C=O) groups is 7. The minimum absolute atomic E-state index is 0.0310. The Morgan fingerprint density at radius 3 is 1.99 bits per heavy atom. The van der Waals surface area contributed by atoms with Gasteiger partial charge in [-0.15, -0.1) is 0 Å². The van der Waals surface area contributed by atoms with Crippen LogP contribution in [-0.4, -0.2) is 97.9 Å². The SMILES string of the molecule is CC(=O)N[C@@H](COCCNC(=O)OCC1c2ccccc2-c2ccccc21)C(=O)N[C@H](C(=O)N[C@@H](CCCNC(N)=O)C(=O)Nc1ccc(COC(=O)Oc2ccc([N+](=O)[O-])cc2)cc1)C(C)C. The number of nitrogens with zero attached hydrogens (tertiary/aromatic N) is 1. The molecule has 0 heterocycles. The number of benzene rings is 4. The average molecular weight is 939 g/mol. The molecule has 68 heavy (non-hydrogen) atoms. The number of primary amides is 1. The van der Waals surface area contributed by atoms with Gasteiger partial charge >= 0.3 is 18.3 Å². The van der Waals surface area contributed by atoms with Gasteiger partial charge in [0.05, 0.1) is 18.1 Å². The van der Waals surface area contributed by atoms with E-state index in [1.54, 1.807) is 26.0 Å². The molecule has 0 bridgehead atoms. The number of alkyl carbamates (subject to hydrolysis) is 1. The molecule has 0 fully saturated rings. The fraction of sp³-hybridized carbons (Fsp3) is 0.340. The molecule has 0 unspecified atom stereocenters. The van der Waals surface area contributed by atoms with Gasteiger partial charge in [0.15, 0.2) is 0 Å². The second-order valence-electron chi connectivity index (χ2n) is 15.9. The van der Waals surface area contributed by atoms with Crippen molar-refractivity contribution in [2.24, 2.45) is 11.7 Å². The van der Waals surface area contributed by atoms with Crippen molar-refractivity contribution in [1.29, 1.82) is 0 Å². The summed E-state index contributed by atoms with van der Waals surface area (Å²) in [5.41, 5.74) is 10.2. The molecule has 0 saturated heterocycles. The number of amides is 7. The number of ether oxygens (including phenoxy) is 4. The van der Waals surface area contributed by atoms with Gasteiger partial charge in [-0.2, -0.15) is 0 Å². The summed E-state index contributed by atoms with van der Waals surface area (Å²) < 4.78 is 21.4. The number of urea groups is 1.